The lowest BCUT2D eigenvalue weighted by atomic mass is 9.83. The maximum Gasteiger partial charge on any atom is 0.259 e. The highest BCUT2D eigenvalue weighted by Crippen LogP contribution is 2.44. The predicted octanol–water partition coefficient (Wildman–Crippen LogP) is 3.44. The van der Waals surface area contributed by atoms with Crippen LogP contribution in [0.2, 0.25) is 0 Å². The summed E-state index contributed by atoms with van der Waals surface area (Å²) in [7, 11) is 3.09. The second-order valence-corrected chi connectivity index (χ2v) is 7.47. The fourth-order valence-corrected chi connectivity index (χ4v) is 4.02. The van der Waals surface area contributed by atoms with Crippen molar-refractivity contribution in [2.75, 3.05) is 14.2 Å². The van der Waals surface area contributed by atoms with Gasteiger partial charge in [-0.1, -0.05) is 30.3 Å². The Morgan fingerprint density at radius 2 is 1.88 bits per heavy atom. The monoisotopic (exact) mass is 429 g/mol. The van der Waals surface area contributed by atoms with E-state index in [2.05, 4.69) is 6.07 Å². The van der Waals surface area contributed by atoms with Crippen LogP contribution in [0.4, 0.5) is 0 Å². The lowest BCUT2D eigenvalue weighted by Gasteiger charge is -2.28. The molecule has 3 aromatic rings. The summed E-state index contributed by atoms with van der Waals surface area (Å²) in [5, 5.41) is 9.91. The molecule has 1 atom stereocenters. The van der Waals surface area contributed by atoms with E-state index in [0.29, 0.717) is 34.9 Å². The SMILES string of the molecule is COc1ccc(OC)c(C2C(C#N)=C(N)Oc3cc(C)n(Cc4ccccc4)c(=O)c32)c1. The molecule has 2 heterocycles. The van der Waals surface area contributed by atoms with Gasteiger partial charge in [-0.25, -0.2) is 0 Å². The fourth-order valence-electron chi connectivity index (χ4n) is 4.02. The molecule has 1 aliphatic heterocycles. The third kappa shape index (κ3) is 3.56. The zero-order chi connectivity index (χ0) is 22.8. The summed E-state index contributed by atoms with van der Waals surface area (Å²) >= 11 is 0. The van der Waals surface area contributed by atoms with E-state index >= 15 is 0 Å². The van der Waals surface area contributed by atoms with Gasteiger partial charge in [-0.3, -0.25) is 4.79 Å². The molecule has 1 unspecified atom stereocenters. The molecule has 0 bridgehead atoms. The number of aryl methyl sites for hydroxylation is 1. The second kappa shape index (κ2) is 8.52. The highest BCUT2D eigenvalue weighted by Gasteiger charge is 2.36. The van der Waals surface area contributed by atoms with E-state index in [1.54, 1.807) is 35.9 Å². The van der Waals surface area contributed by atoms with Crippen molar-refractivity contribution in [1.29, 1.82) is 5.26 Å². The number of ether oxygens (including phenoxy) is 3. The molecule has 0 aliphatic carbocycles. The quantitative estimate of drug-likeness (QED) is 0.667. The Kier molecular flexibility index (Phi) is 5.61. The van der Waals surface area contributed by atoms with Crippen molar-refractivity contribution in [3.63, 3.8) is 0 Å². The first-order chi connectivity index (χ1) is 15.5. The van der Waals surface area contributed by atoms with Gasteiger partial charge in [0, 0.05) is 17.3 Å². The molecule has 162 valence electrons. The maximum absolute atomic E-state index is 13.8. The summed E-state index contributed by atoms with van der Waals surface area (Å²) in [6, 6.07) is 18.9. The molecular formula is C25H23N3O4. The number of rotatable bonds is 5. The first kappa shape index (κ1) is 21.1. The van der Waals surface area contributed by atoms with Gasteiger partial charge < -0.3 is 24.5 Å². The number of fused-ring (bicyclic) bond motifs is 1. The van der Waals surface area contributed by atoms with Crippen molar-refractivity contribution in [3.8, 4) is 23.3 Å². The largest absolute Gasteiger partial charge is 0.497 e. The number of hydrogen-bond donors (Lipinski definition) is 1. The van der Waals surface area contributed by atoms with Crippen LogP contribution in [0.25, 0.3) is 0 Å². The van der Waals surface area contributed by atoms with Crippen molar-refractivity contribution in [2.45, 2.75) is 19.4 Å². The summed E-state index contributed by atoms with van der Waals surface area (Å²) in [6.45, 7) is 2.23. The molecule has 0 amide bonds. The number of methoxy groups -OCH3 is 2. The molecule has 4 rings (SSSR count). The van der Waals surface area contributed by atoms with E-state index in [9.17, 15) is 10.1 Å². The topological polar surface area (TPSA) is 99.5 Å². The van der Waals surface area contributed by atoms with Gasteiger partial charge in [-0.15, -0.1) is 0 Å². The summed E-state index contributed by atoms with van der Waals surface area (Å²) in [5.41, 5.74) is 8.66. The molecule has 2 N–H and O–H groups in total. The molecular weight excluding hydrogens is 406 g/mol. The summed E-state index contributed by atoms with van der Waals surface area (Å²) in [5.74, 6) is 0.627. The lowest BCUT2D eigenvalue weighted by Crippen LogP contribution is -2.33. The van der Waals surface area contributed by atoms with E-state index in [1.807, 2.05) is 37.3 Å². The first-order valence-electron chi connectivity index (χ1n) is 10.1. The molecule has 7 nitrogen and oxygen atoms in total. The first-order valence-corrected chi connectivity index (χ1v) is 10.1. The molecule has 0 radical (unpaired) electrons. The molecule has 1 aromatic heterocycles. The Labute approximate surface area is 185 Å². The van der Waals surface area contributed by atoms with Crippen molar-refractivity contribution < 1.29 is 14.2 Å². The minimum Gasteiger partial charge on any atom is -0.497 e. The van der Waals surface area contributed by atoms with Gasteiger partial charge >= 0.3 is 0 Å². The number of nitrogens with two attached hydrogens (primary N) is 1. The number of aromatic nitrogens is 1. The van der Waals surface area contributed by atoms with Gasteiger partial charge in [0.2, 0.25) is 5.88 Å². The van der Waals surface area contributed by atoms with Gasteiger partial charge in [0.05, 0.1) is 32.2 Å². The Morgan fingerprint density at radius 3 is 2.53 bits per heavy atom. The third-order valence-corrected chi connectivity index (χ3v) is 5.62. The number of pyridine rings is 1. The minimum atomic E-state index is -0.760. The van der Waals surface area contributed by atoms with Crippen LogP contribution in [0.1, 0.15) is 28.3 Å². The molecule has 0 fully saturated rings. The normalized spacial score (nSPS) is 14.9. The van der Waals surface area contributed by atoms with E-state index in [4.69, 9.17) is 19.9 Å². The molecule has 0 spiro atoms. The molecule has 2 aromatic carbocycles. The van der Waals surface area contributed by atoms with Crippen LogP contribution in [0, 0.1) is 18.3 Å². The molecule has 0 saturated heterocycles. The van der Waals surface area contributed by atoms with E-state index in [1.165, 1.54) is 7.11 Å². The van der Waals surface area contributed by atoms with Crippen LogP contribution >= 0.6 is 0 Å². The van der Waals surface area contributed by atoms with Crippen LogP contribution < -0.4 is 25.5 Å². The average molecular weight is 429 g/mol. The van der Waals surface area contributed by atoms with Gasteiger partial charge in [-0.05, 0) is 30.7 Å². The Balaban J connectivity index is 1.98. The van der Waals surface area contributed by atoms with Gasteiger partial charge in [0.25, 0.3) is 5.56 Å². The van der Waals surface area contributed by atoms with Crippen LogP contribution in [-0.2, 0) is 6.54 Å². The zero-order valence-electron chi connectivity index (χ0n) is 18.1. The van der Waals surface area contributed by atoms with Crippen molar-refractivity contribution in [1.82, 2.24) is 4.57 Å². The third-order valence-electron chi connectivity index (χ3n) is 5.62. The Morgan fingerprint density at radius 1 is 1.12 bits per heavy atom. The highest BCUT2D eigenvalue weighted by atomic mass is 16.5. The Bertz CT molecular complexity index is 1300. The lowest BCUT2D eigenvalue weighted by molar-refractivity contribution is 0.380. The number of nitrogens with zero attached hydrogens (tertiary/aromatic N) is 2. The van der Waals surface area contributed by atoms with E-state index in [-0.39, 0.29) is 17.0 Å². The maximum atomic E-state index is 13.8. The molecule has 0 saturated carbocycles. The summed E-state index contributed by atoms with van der Waals surface area (Å²) < 4.78 is 18.3. The van der Waals surface area contributed by atoms with Crippen LogP contribution in [-0.4, -0.2) is 18.8 Å². The van der Waals surface area contributed by atoms with Crippen molar-refractivity contribution in [2.24, 2.45) is 5.73 Å². The summed E-state index contributed by atoms with van der Waals surface area (Å²) in [4.78, 5) is 13.8. The number of benzene rings is 2. The van der Waals surface area contributed by atoms with Crippen LogP contribution in [0.15, 0.2) is 70.8 Å². The zero-order valence-corrected chi connectivity index (χ0v) is 18.1. The second-order valence-electron chi connectivity index (χ2n) is 7.47. The minimum absolute atomic E-state index is 0.0329. The highest BCUT2D eigenvalue weighted by molar-refractivity contribution is 5.59. The van der Waals surface area contributed by atoms with Gasteiger partial charge in [-0.2, -0.15) is 5.26 Å². The van der Waals surface area contributed by atoms with E-state index in [0.717, 1.165) is 11.3 Å². The summed E-state index contributed by atoms with van der Waals surface area (Å²) in [6.07, 6.45) is 0. The molecule has 7 heteroatoms. The number of hydrogen-bond acceptors (Lipinski definition) is 6. The van der Waals surface area contributed by atoms with Gasteiger partial charge in [0.1, 0.15) is 28.9 Å². The smallest absolute Gasteiger partial charge is 0.259 e. The fraction of sp³-hybridized carbons (Fsp3) is 0.200. The van der Waals surface area contributed by atoms with Crippen molar-refractivity contribution >= 4 is 0 Å². The van der Waals surface area contributed by atoms with E-state index < -0.39 is 5.92 Å². The molecule has 1 aliphatic rings. The Hall–Kier alpha value is -4.18. The predicted molar refractivity (Wildman–Crippen MR) is 120 cm³/mol. The van der Waals surface area contributed by atoms with Gasteiger partial charge in [0.15, 0.2) is 0 Å². The van der Waals surface area contributed by atoms with Crippen molar-refractivity contribution in [3.05, 3.63) is 98.8 Å². The number of allylic oxidation sites excluding steroid dienone is 1. The standard InChI is InChI=1S/C25H23N3O4/c1-15-11-21-23(25(29)28(15)14-16-7-5-4-6-8-16)22(19(13-26)24(27)32-21)18-12-17(30-2)9-10-20(18)31-3/h4-12,22H,14,27H2,1-3H3. The van der Waals surface area contributed by atoms with Crippen LogP contribution in [0.3, 0.4) is 0 Å². The average Bonchev–Trinajstić information content (AvgIpc) is 2.81. The number of nitriles is 1. The molecule has 32 heavy (non-hydrogen) atoms. The van der Waals surface area contributed by atoms with Crippen LogP contribution in [0.5, 0.6) is 17.2 Å².